The molecule has 0 saturated heterocycles. The van der Waals surface area contributed by atoms with Crippen molar-refractivity contribution in [3.05, 3.63) is 77.6 Å². The molecule has 1 aromatic heterocycles. The molecule has 5 nitrogen and oxygen atoms in total. The molecule has 2 N–H and O–H groups in total. The Hall–Kier alpha value is -3.42. The Kier molecular flexibility index (Phi) is 6.62. The molecular weight excluding hydrogens is 431 g/mol. The zero-order valence-corrected chi connectivity index (χ0v) is 18.3. The first kappa shape index (κ1) is 22.8. The lowest BCUT2D eigenvalue weighted by Crippen LogP contribution is -2.41. The predicted octanol–water partition coefficient (Wildman–Crippen LogP) is 5.75. The van der Waals surface area contributed by atoms with Gasteiger partial charge >= 0.3 is 6.36 Å². The summed E-state index contributed by atoms with van der Waals surface area (Å²) in [5, 5.41) is 4.37. The second-order valence-electron chi connectivity index (χ2n) is 8.06. The van der Waals surface area contributed by atoms with Gasteiger partial charge in [-0.25, -0.2) is 0 Å². The number of nitrogens with one attached hydrogen (secondary N) is 2. The number of aromatic nitrogens is 1. The van der Waals surface area contributed by atoms with E-state index in [1.807, 2.05) is 42.2 Å². The van der Waals surface area contributed by atoms with Gasteiger partial charge in [-0.05, 0) is 62.1 Å². The van der Waals surface area contributed by atoms with Crippen molar-refractivity contribution in [2.24, 2.45) is 0 Å². The quantitative estimate of drug-likeness (QED) is 0.475. The fraction of sp³-hybridized carbons (Fsp3) is 0.320. The maximum Gasteiger partial charge on any atom is 0.573 e. The molecule has 2 aromatic carbocycles. The number of nitrogens with zero attached hydrogens (tertiary/aromatic N) is 1. The molecule has 1 aliphatic carbocycles. The van der Waals surface area contributed by atoms with E-state index in [2.05, 4.69) is 21.1 Å². The molecule has 33 heavy (non-hydrogen) atoms. The van der Waals surface area contributed by atoms with E-state index in [0.29, 0.717) is 18.8 Å². The third kappa shape index (κ3) is 5.69. The summed E-state index contributed by atoms with van der Waals surface area (Å²) in [6.45, 7) is 3.04. The number of allylic oxidation sites excluding steroid dienone is 1. The number of rotatable bonds is 7. The number of amides is 1. The van der Waals surface area contributed by atoms with E-state index >= 15 is 0 Å². The van der Waals surface area contributed by atoms with Gasteiger partial charge in [-0.15, -0.1) is 13.2 Å². The largest absolute Gasteiger partial charge is 0.573 e. The molecule has 1 heterocycles. The number of carbonyl (C=O) groups excluding carboxylic acids is 1. The molecule has 1 atom stereocenters. The molecule has 1 aliphatic rings. The lowest BCUT2D eigenvalue weighted by Gasteiger charge is -2.32. The molecule has 0 unspecified atom stereocenters. The number of ether oxygens (including phenoxy) is 1. The van der Waals surface area contributed by atoms with Crippen LogP contribution in [0.25, 0.3) is 10.9 Å². The third-order valence-corrected chi connectivity index (χ3v) is 5.78. The number of hydrogen-bond donors (Lipinski definition) is 2. The SMILES string of the molecule is CCN(C(=O)c1cc2ccccc2[nH]1)[C@@H]1C=C(NCc2ccc(OC(F)(F)F)cc2)CCC1. The lowest BCUT2D eigenvalue weighted by atomic mass is 9.98. The van der Waals surface area contributed by atoms with E-state index in [1.165, 1.54) is 12.1 Å². The number of fused-ring (bicyclic) bond motifs is 1. The number of likely N-dealkylation sites (N-methyl/N-ethyl adjacent to an activating group) is 1. The number of alkyl halides is 3. The maximum absolute atomic E-state index is 13.2. The molecule has 0 radical (unpaired) electrons. The van der Waals surface area contributed by atoms with Gasteiger partial charge in [-0.2, -0.15) is 0 Å². The molecule has 0 saturated carbocycles. The van der Waals surface area contributed by atoms with Crippen molar-refractivity contribution in [3.63, 3.8) is 0 Å². The number of carbonyl (C=O) groups is 1. The van der Waals surface area contributed by atoms with Gasteiger partial charge in [0, 0.05) is 29.7 Å². The molecule has 174 valence electrons. The molecule has 8 heteroatoms. The molecule has 0 fully saturated rings. The number of aromatic amines is 1. The molecule has 3 aromatic rings. The van der Waals surface area contributed by atoms with Crippen molar-refractivity contribution >= 4 is 16.8 Å². The van der Waals surface area contributed by atoms with Crippen LogP contribution in [0.15, 0.2) is 66.4 Å². The Morgan fingerprint density at radius 1 is 1.18 bits per heavy atom. The number of benzene rings is 2. The van der Waals surface area contributed by atoms with Gasteiger partial charge in [0.25, 0.3) is 5.91 Å². The van der Waals surface area contributed by atoms with E-state index in [0.717, 1.165) is 41.4 Å². The van der Waals surface area contributed by atoms with Crippen LogP contribution in [-0.2, 0) is 6.54 Å². The Labute approximate surface area is 190 Å². The topological polar surface area (TPSA) is 57.4 Å². The first-order chi connectivity index (χ1) is 15.8. The van der Waals surface area contributed by atoms with Crippen LogP contribution < -0.4 is 10.1 Å². The fourth-order valence-corrected chi connectivity index (χ4v) is 4.19. The van der Waals surface area contributed by atoms with Crippen LogP contribution in [0.1, 0.15) is 42.2 Å². The number of hydrogen-bond acceptors (Lipinski definition) is 3. The van der Waals surface area contributed by atoms with Gasteiger partial charge in [0.2, 0.25) is 0 Å². The smallest absolute Gasteiger partial charge is 0.406 e. The van der Waals surface area contributed by atoms with Crippen LogP contribution in [0.2, 0.25) is 0 Å². The van der Waals surface area contributed by atoms with Crippen molar-refractivity contribution in [3.8, 4) is 5.75 Å². The van der Waals surface area contributed by atoms with Gasteiger partial charge < -0.3 is 19.9 Å². The van der Waals surface area contributed by atoms with Crippen LogP contribution in [0.5, 0.6) is 5.75 Å². The average molecular weight is 457 g/mol. The number of H-pyrrole nitrogens is 1. The minimum absolute atomic E-state index is 0.0206. The molecule has 4 rings (SSSR count). The summed E-state index contributed by atoms with van der Waals surface area (Å²) < 4.78 is 40.8. The summed E-state index contributed by atoms with van der Waals surface area (Å²) in [4.78, 5) is 18.3. The van der Waals surface area contributed by atoms with E-state index in [9.17, 15) is 18.0 Å². The summed E-state index contributed by atoms with van der Waals surface area (Å²) in [7, 11) is 0. The van der Waals surface area contributed by atoms with E-state index in [4.69, 9.17) is 0 Å². The minimum Gasteiger partial charge on any atom is -0.406 e. The summed E-state index contributed by atoms with van der Waals surface area (Å²) in [5.41, 5.74) is 3.39. The zero-order valence-electron chi connectivity index (χ0n) is 18.3. The van der Waals surface area contributed by atoms with Crippen LogP contribution in [-0.4, -0.2) is 34.7 Å². The normalized spacial score (nSPS) is 16.4. The summed E-state index contributed by atoms with van der Waals surface area (Å²) >= 11 is 0. The van der Waals surface area contributed by atoms with Gasteiger partial charge in [0.15, 0.2) is 0 Å². The summed E-state index contributed by atoms with van der Waals surface area (Å²) in [6.07, 6.45) is 0.0858. The first-order valence-electron chi connectivity index (χ1n) is 11.0. The third-order valence-electron chi connectivity index (χ3n) is 5.78. The van der Waals surface area contributed by atoms with Crippen molar-refractivity contribution in [1.82, 2.24) is 15.2 Å². The highest BCUT2D eigenvalue weighted by molar-refractivity contribution is 5.98. The van der Waals surface area contributed by atoms with Crippen LogP contribution >= 0.6 is 0 Å². The van der Waals surface area contributed by atoms with Gasteiger partial charge in [0.05, 0.1) is 6.04 Å². The maximum atomic E-state index is 13.2. The van der Waals surface area contributed by atoms with E-state index < -0.39 is 6.36 Å². The second-order valence-corrected chi connectivity index (χ2v) is 8.06. The average Bonchev–Trinajstić information content (AvgIpc) is 3.23. The highest BCUT2D eigenvalue weighted by Crippen LogP contribution is 2.25. The van der Waals surface area contributed by atoms with E-state index in [1.54, 1.807) is 12.1 Å². The van der Waals surface area contributed by atoms with Gasteiger partial charge in [-0.3, -0.25) is 4.79 Å². The van der Waals surface area contributed by atoms with Crippen molar-refractivity contribution in [2.45, 2.75) is 45.1 Å². The van der Waals surface area contributed by atoms with Crippen molar-refractivity contribution in [2.75, 3.05) is 6.54 Å². The monoisotopic (exact) mass is 457 g/mol. The van der Waals surface area contributed by atoms with Crippen LogP contribution in [0.3, 0.4) is 0 Å². The molecule has 0 aliphatic heterocycles. The molecule has 1 amide bonds. The zero-order chi connectivity index (χ0) is 23.4. The predicted molar refractivity (Wildman–Crippen MR) is 121 cm³/mol. The fourth-order valence-electron chi connectivity index (χ4n) is 4.19. The van der Waals surface area contributed by atoms with E-state index in [-0.39, 0.29) is 17.7 Å². The number of para-hydroxylation sites is 1. The van der Waals surface area contributed by atoms with Gasteiger partial charge in [0.1, 0.15) is 11.4 Å². The second kappa shape index (κ2) is 9.60. The highest BCUT2D eigenvalue weighted by atomic mass is 19.4. The standard InChI is InChI=1S/C25H26F3N3O2/c1-2-31(24(32)23-14-18-6-3-4-9-22(18)30-23)20-8-5-7-19(15-20)29-16-17-10-12-21(13-11-17)33-25(26,27)28/h3-4,6,9-15,20,29-30H,2,5,7-8,16H2,1H3/t20-/m0/s1. The Morgan fingerprint density at radius 2 is 1.94 bits per heavy atom. The Bertz CT molecular complexity index is 1100. The highest BCUT2D eigenvalue weighted by Gasteiger charge is 2.31. The van der Waals surface area contributed by atoms with Crippen LogP contribution in [0, 0.1) is 0 Å². The molecule has 0 spiro atoms. The minimum atomic E-state index is -4.70. The van der Waals surface area contributed by atoms with Crippen molar-refractivity contribution in [1.29, 1.82) is 0 Å². The van der Waals surface area contributed by atoms with Crippen molar-refractivity contribution < 1.29 is 22.7 Å². The number of halogens is 3. The Balaban J connectivity index is 1.41. The Morgan fingerprint density at radius 3 is 2.64 bits per heavy atom. The van der Waals surface area contributed by atoms with Gasteiger partial charge in [-0.1, -0.05) is 30.3 Å². The molecule has 0 bridgehead atoms. The summed E-state index contributed by atoms with van der Waals surface area (Å²) in [6, 6.07) is 15.5. The molecular formula is C25H26F3N3O2. The lowest BCUT2D eigenvalue weighted by molar-refractivity contribution is -0.274. The van der Waals surface area contributed by atoms with Crippen LogP contribution in [0.4, 0.5) is 13.2 Å². The first-order valence-corrected chi connectivity index (χ1v) is 11.0. The summed E-state index contributed by atoms with van der Waals surface area (Å²) in [5.74, 6) is -0.270.